The molecule has 22 heavy (non-hydrogen) atoms. The SMILES string of the molecule is COc1ccc(Cc2c(C)cc(SS)cc2C)cc1C(C)C. The average Bonchev–Trinajstić information content (AvgIpc) is 2.50. The van der Waals surface area contributed by atoms with Crippen LogP contribution in [-0.4, -0.2) is 7.11 Å². The largest absolute Gasteiger partial charge is 0.496 e. The Labute approximate surface area is 143 Å². The first-order chi connectivity index (χ1) is 10.5. The minimum atomic E-state index is 0.458. The highest BCUT2D eigenvalue weighted by Gasteiger charge is 2.11. The van der Waals surface area contributed by atoms with Crippen LogP contribution in [0.2, 0.25) is 0 Å². The van der Waals surface area contributed by atoms with Crippen LogP contribution in [0.5, 0.6) is 5.75 Å². The number of methoxy groups -OCH3 is 1. The number of benzene rings is 2. The molecule has 0 radical (unpaired) electrons. The van der Waals surface area contributed by atoms with E-state index in [1.807, 2.05) is 0 Å². The monoisotopic (exact) mass is 332 g/mol. The predicted octanol–water partition coefficient (Wildman–Crippen LogP) is 5.96. The molecule has 0 N–H and O–H groups in total. The lowest BCUT2D eigenvalue weighted by Crippen LogP contribution is -2.00. The lowest BCUT2D eigenvalue weighted by atomic mass is 9.93. The van der Waals surface area contributed by atoms with E-state index in [-0.39, 0.29) is 0 Å². The molecular weight excluding hydrogens is 308 g/mol. The van der Waals surface area contributed by atoms with E-state index in [9.17, 15) is 0 Å². The Hall–Kier alpha value is -1.06. The van der Waals surface area contributed by atoms with Crippen LogP contribution < -0.4 is 4.74 Å². The van der Waals surface area contributed by atoms with Crippen molar-refractivity contribution >= 4 is 22.5 Å². The zero-order valence-electron chi connectivity index (χ0n) is 13.9. The minimum absolute atomic E-state index is 0.458. The van der Waals surface area contributed by atoms with E-state index in [2.05, 4.69) is 69.7 Å². The number of aryl methyl sites for hydroxylation is 2. The van der Waals surface area contributed by atoms with E-state index in [4.69, 9.17) is 4.74 Å². The van der Waals surface area contributed by atoms with E-state index in [0.717, 1.165) is 12.2 Å². The van der Waals surface area contributed by atoms with Crippen LogP contribution >= 0.6 is 22.5 Å². The Morgan fingerprint density at radius 3 is 2.23 bits per heavy atom. The molecular formula is C19H24OS2. The summed E-state index contributed by atoms with van der Waals surface area (Å²) in [6.45, 7) is 8.78. The molecule has 0 saturated carbocycles. The highest BCUT2D eigenvalue weighted by Crippen LogP contribution is 2.31. The summed E-state index contributed by atoms with van der Waals surface area (Å²) in [4.78, 5) is 1.21. The molecule has 0 bridgehead atoms. The van der Waals surface area contributed by atoms with Gasteiger partial charge in [-0.3, -0.25) is 0 Å². The molecule has 3 heteroatoms. The van der Waals surface area contributed by atoms with Crippen molar-refractivity contribution in [2.75, 3.05) is 7.11 Å². The molecule has 0 aliphatic carbocycles. The normalized spacial score (nSPS) is 11.0. The van der Waals surface area contributed by atoms with Gasteiger partial charge >= 0.3 is 0 Å². The number of hydrogen-bond donors (Lipinski definition) is 1. The molecule has 1 nitrogen and oxygen atoms in total. The van der Waals surface area contributed by atoms with Crippen molar-refractivity contribution in [3.05, 3.63) is 58.1 Å². The van der Waals surface area contributed by atoms with Crippen LogP contribution in [0.15, 0.2) is 35.2 Å². The lowest BCUT2D eigenvalue weighted by molar-refractivity contribution is 0.407. The van der Waals surface area contributed by atoms with Crippen molar-refractivity contribution in [3.8, 4) is 5.75 Å². The molecule has 0 amide bonds. The number of thiol groups is 1. The third-order valence-corrected chi connectivity index (χ3v) is 5.15. The predicted molar refractivity (Wildman–Crippen MR) is 101 cm³/mol. The molecule has 0 atom stereocenters. The summed E-state index contributed by atoms with van der Waals surface area (Å²) in [5.74, 6) is 1.44. The molecule has 2 aromatic carbocycles. The second-order valence-electron chi connectivity index (χ2n) is 6.03. The van der Waals surface area contributed by atoms with Gasteiger partial charge in [-0.15, -0.1) is 11.7 Å². The van der Waals surface area contributed by atoms with Crippen molar-refractivity contribution in [1.82, 2.24) is 0 Å². The fourth-order valence-electron chi connectivity index (χ4n) is 2.83. The van der Waals surface area contributed by atoms with Crippen LogP contribution in [0.4, 0.5) is 0 Å². The number of hydrogen-bond acceptors (Lipinski definition) is 3. The van der Waals surface area contributed by atoms with Crippen LogP contribution in [0.25, 0.3) is 0 Å². The third kappa shape index (κ3) is 3.82. The minimum Gasteiger partial charge on any atom is -0.496 e. The molecule has 2 aromatic rings. The van der Waals surface area contributed by atoms with Gasteiger partial charge in [0.1, 0.15) is 5.75 Å². The molecule has 0 unspecified atom stereocenters. The van der Waals surface area contributed by atoms with Gasteiger partial charge in [-0.2, -0.15) is 0 Å². The maximum absolute atomic E-state index is 5.48. The molecule has 0 heterocycles. The second-order valence-corrected chi connectivity index (χ2v) is 7.24. The summed E-state index contributed by atoms with van der Waals surface area (Å²) in [6.07, 6.45) is 0.957. The van der Waals surface area contributed by atoms with E-state index >= 15 is 0 Å². The summed E-state index contributed by atoms with van der Waals surface area (Å²) >= 11 is 4.30. The summed E-state index contributed by atoms with van der Waals surface area (Å²) < 4.78 is 5.48. The molecule has 0 aromatic heterocycles. The van der Waals surface area contributed by atoms with Gasteiger partial charge in [0.05, 0.1) is 7.11 Å². The zero-order valence-corrected chi connectivity index (χ0v) is 15.6. The third-order valence-electron chi connectivity index (χ3n) is 4.07. The molecule has 118 valence electrons. The molecule has 0 spiro atoms. The Morgan fingerprint density at radius 1 is 1.09 bits per heavy atom. The first-order valence-corrected chi connectivity index (χ1v) is 9.41. The van der Waals surface area contributed by atoms with Gasteiger partial charge in [-0.1, -0.05) is 36.8 Å². The standard InChI is InChI=1S/C19H24OS2/c1-12(2)17-10-15(6-7-19(17)20-5)11-18-13(3)8-16(22-21)9-14(18)4/h6-10,12,21H,11H2,1-5H3. The van der Waals surface area contributed by atoms with E-state index in [1.165, 1.54) is 43.5 Å². The first kappa shape index (κ1) is 17.3. The van der Waals surface area contributed by atoms with Gasteiger partial charge in [0.15, 0.2) is 0 Å². The summed E-state index contributed by atoms with van der Waals surface area (Å²) in [5, 5.41) is 0. The van der Waals surface area contributed by atoms with Crippen LogP contribution in [-0.2, 0) is 6.42 Å². The van der Waals surface area contributed by atoms with E-state index in [0.29, 0.717) is 5.92 Å². The van der Waals surface area contributed by atoms with Gasteiger partial charge in [0.25, 0.3) is 0 Å². The van der Waals surface area contributed by atoms with Crippen molar-refractivity contribution in [2.45, 2.75) is 44.9 Å². The van der Waals surface area contributed by atoms with Gasteiger partial charge in [-0.05, 0) is 72.2 Å². The number of rotatable bonds is 5. The van der Waals surface area contributed by atoms with Crippen LogP contribution in [0, 0.1) is 13.8 Å². The fraction of sp³-hybridized carbons (Fsp3) is 0.368. The lowest BCUT2D eigenvalue weighted by Gasteiger charge is -2.16. The average molecular weight is 333 g/mol. The van der Waals surface area contributed by atoms with Crippen molar-refractivity contribution in [3.63, 3.8) is 0 Å². The smallest absolute Gasteiger partial charge is 0.122 e. The van der Waals surface area contributed by atoms with Gasteiger partial charge < -0.3 is 4.74 Å². The maximum atomic E-state index is 5.48. The van der Waals surface area contributed by atoms with Crippen molar-refractivity contribution in [1.29, 1.82) is 0 Å². The highest BCUT2D eigenvalue weighted by molar-refractivity contribution is 8.68. The molecule has 0 saturated heterocycles. The Kier molecular flexibility index (Phi) is 5.87. The molecule has 2 rings (SSSR count). The van der Waals surface area contributed by atoms with Crippen LogP contribution in [0.1, 0.15) is 47.6 Å². The van der Waals surface area contributed by atoms with E-state index in [1.54, 1.807) is 7.11 Å². The Bertz CT molecular complexity index is 639. The second kappa shape index (κ2) is 7.47. The zero-order chi connectivity index (χ0) is 16.3. The summed E-state index contributed by atoms with van der Waals surface area (Å²) in [6, 6.07) is 11.0. The maximum Gasteiger partial charge on any atom is 0.122 e. The highest BCUT2D eigenvalue weighted by atomic mass is 33.1. The summed E-state index contributed by atoms with van der Waals surface area (Å²) in [5.41, 5.74) is 6.68. The Morgan fingerprint density at radius 2 is 1.73 bits per heavy atom. The summed E-state index contributed by atoms with van der Waals surface area (Å²) in [7, 11) is 3.24. The Balaban J connectivity index is 2.37. The van der Waals surface area contributed by atoms with Crippen molar-refractivity contribution < 1.29 is 4.74 Å². The first-order valence-electron chi connectivity index (χ1n) is 7.54. The van der Waals surface area contributed by atoms with E-state index < -0.39 is 0 Å². The molecule has 0 fully saturated rings. The molecule has 0 aliphatic rings. The van der Waals surface area contributed by atoms with Gasteiger partial charge in [-0.25, -0.2) is 0 Å². The molecule has 0 aliphatic heterocycles. The fourth-order valence-corrected chi connectivity index (χ4v) is 3.61. The van der Waals surface area contributed by atoms with Crippen molar-refractivity contribution in [2.24, 2.45) is 0 Å². The van der Waals surface area contributed by atoms with Crippen LogP contribution in [0.3, 0.4) is 0 Å². The topological polar surface area (TPSA) is 9.23 Å². The number of ether oxygens (including phenoxy) is 1. The van der Waals surface area contributed by atoms with Gasteiger partial charge in [0, 0.05) is 4.90 Å². The van der Waals surface area contributed by atoms with Gasteiger partial charge in [0.2, 0.25) is 0 Å². The quantitative estimate of drug-likeness (QED) is 0.534.